The van der Waals surface area contributed by atoms with Crippen LogP contribution in [-0.4, -0.2) is 13.1 Å². The Morgan fingerprint density at radius 1 is 1.19 bits per heavy atom. The van der Waals surface area contributed by atoms with Gasteiger partial charge in [-0.15, -0.1) is 11.3 Å². The van der Waals surface area contributed by atoms with Gasteiger partial charge in [-0.1, -0.05) is 11.6 Å². The van der Waals surface area contributed by atoms with Gasteiger partial charge in [0.25, 0.3) is 0 Å². The number of anilines is 2. The van der Waals surface area contributed by atoms with E-state index in [-0.39, 0.29) is 17.9 Å². The summed E-state index contributed by atoms with van der Waals surface area (Å²) in [5, 5.41) is 3.30. The second-order valence-corrected chi connectivity index (χ2v) is 7.13. The van der Waals surface area contributed by atoms with Crippen LogP contribution in [0.25, 0.3) is 0 Å². The average Bonchev–Trinajstić information content (AvgIpc) is 2.85. The smallest absolute Gasteiger partial charge is 0.148 e. The molecule has 0 amide bonds. The first-order valence-corrected chi connectivity index (χ1v) is 8.12. The molecule has 0 fully saturated rings. The fourth-order valence-electron chi connectivity index (χ4n) is 2.04. The van der Waals surface area contributed by atoms with E-state index in [1.807, 2.05) is 57.0 Å². The van der Waals surface area contributed by atoms with E-state index in [4.69, 9.17) is 11.6 Å². The monoisotopic (exact) mass is 326 g/mol. The largest absolute Gasteiger partial charge is 0.378 e. The van der Waals surface area contributed by atoms with Gasteiger partial charge >= 0.3 is 0 Å². The summed E-state index contributed by atoms with van der Waals surface area (Å²) in [6.45, 7) is 6.11. The standard InChI is InChI=1S/C16H20ClFN2S/c1-10(2)20(4)14-6-5-12(9-13(14)18)19-11(3)15-7-8-16(17)21-15/h5-11,19H,1-4H3. The molecule has 0 aliphatic carbocycles. The number of nitrogens with one attached hydrogen (secondary N) is 1. The zero-order chi connectivity index (χ0) is 15.6. The minimum Gasteiger partial charge on any atom is -0.378 e. The molecule has 0 spiro atoms. The van der Waals surface area contributed by atoms with Gasteiger partial charge in [0.05, 0.1) is 16.1 Å². The van der Waals surface area contributed by atoms with Crippen molar-refractivity contribution in [1.82, 2.24) is 0 Å². The van der Waals surface area contributed by atoms with E-state index >= 15 is 0 Å². The summed E-state index contributed by atoms with van der Waals surface area (Å²) in [7, 11) is 1.90. The first-order valence-electron chi connectivity index (χ1n) is 6.92. The number of thiophene rings is 1. The highest BCUT2D eigenvalue weighted by Crippen LogP contribution is 2.30. The summed E-state index contributed by atoms with van der Waals surface area (Å²) in [6, 6.07) is 9.47. The molecule has 2 aromatic rings. The summed E-state index contributed by atoms with van der Waals surface area (Å²) in [6.07, 6.45) is 0. The van der Waals surface area contributed by atoms with Crippen LogP contribution in [0.4, 0.5) is 15.8 Å². The minimum absolute atomic E-state index is 0.0931. The Morgan fingerprint density at radius 3 is 2.43 bits per heavy atom. The first kappa shape index (κ1) is 16.1. The van der Waals surface area contributed by atoms with E-state index in [1.54, 1.807) is 6.07 Å². The van der Waals surface area contributed by atoms with Gasteiger partial charge in [0.1, 0.15) is 5.82 Å². The minimum atomic E-state index is -0.215. The van der Waals surface area contributed by atoms with Crippen molar-refractivity contribution in [1.29, 1.82) is 0 Å². The molecule has 0 bridgehead atoms. The molecule has 0 aliphatic heterocycles. The van der Waals surface area contributed by atoms with E-state index in [2.05, 4.69) is 5.32 Å². The van der Waals surface area contributed by atoms with Crippen molar-refractivity contribution in [2.45, 2.75) is 32.9 Å². The van der Waals surface area contributed by atoms with Gasteiger partial charge in [0.15, 0.2) is 0 Å². The number of benzene rings is 1. The SMILES string of the molecule is CC(Nc1ccc(N(C)C(C)C)c(F)c1)c1ccc(Cl)s1. The molecule has 0 saturated carbocycles. The molecule has 0 radical (unpaired) electrons. The topological polar surface area (TPSA) is 15.3 Å². The Hall–Kier alpha value is -1.26. The zero-order valence-electron chi connectivity index (χ0n) is 12.7. The lowest BCUT2D eigenvalue weighted by molar-refractivity contribution is 0.614. The molecule has 0 aliphatic rings. The molecule has 0 saturated heterocycles. The summed E-state index contributed by atoms with van der Waals surface area (Å²) < 4.78 is 15.0. The highest BCUT2D eigenvalue weighted by atomic mass is 35.5. The van der Waals surface area contributed by atoms with Crippen LogP contribution < -0.4 is 10.2 Å². The Bertz CT molecular complexity index is 612. The van der Waals surface area contributed by atoms with Crippen LogP contribution in [0.5, 0.6) is 0 Å². The second-order valence-electron chi connectivity index (χ2n) is 5.38. The Labute approximate surface area is 134 Å². The normalized spacial score (nSPS) is 12.5. The quantitative estimate of drug-likeness (QED) is 0.774. The summed E-state index contributed by atoms with van der Waals surface area (Å²) in [4.78, 5) is 3.05. The van der Waals surface area contributed by atoms with Crippen LogP contribution in [0.1, 0.15) is 31.7 Å². The van der Waals surface area contributed by atoms with Crippen LogP contribution in [-0.2, 0) is 0 Å². The summed E-state index contributed by atoms with van der Waals surface area (Å²) in [5.41, 5.74) is 1.38. The van der Waals surface area contributed by atoms with Gasteiger partial charge in [-0.05, 0) is 51.1 Å². The van der Waals surface area contributed by atoms with E-state index in [1.165, 1.54) is 11.3 Å². The van der Waals surface area contributed by atoms with Crippen molar-refractivity contribution < 1.29 is 4.39 Å². The highest BCUT2D eigenvalue weighted by Gasteiger charge is 2.13. The van der Waals surface area contributed by atoms with Gasteiger partial charge in [-0.25, -0.2) is 4.39 Å². The van der Waals surface area contributed by atoms with Crippen molar-refractivity contribution in [2.75, 3.05) is 17.3 Å². The van der Waals surface area contributed by atoms with E-state index in [9.17, 15) is 4.39 Å². The molecule has 114 valence electrons. The third kappa shape index (κ3) is 3.89. The molecule has 5 heteroatoms. The van der Waals surface area contributed by atoms with E-state index in [0.717, 1.165) is 14.9 Å². The van der Waals surface area contributed by atoms with Gasteiger partial charge in [0, 0.05) is 23.7 Å². The van der Waals surface area contributed by atoms with Crippen LogP contribution >= 0.6 is 22.9 Å². The van der Waals surface area contributed by atoms with Crippen LogP contribution in [0.3, 0.4) is 0 Å². The van der Waals surface area contributed by atoms with Gasteiger partial charge in [-0.3, -0.25) is 0 Å². The predicted octanol–water partition coefficient (Wildman–Crippen LogP) is 5.56. The maximum Gasteiger partial charge on any atom is 0.148 e. The lowest BCUT2D eigenvalue weighted by Crippen LogP contribution is -2.26. The second kappa shape index (κ2) is 6.67. The molecule has 1 unspecified atom stereocenters. The molecule has 1 N–H and O–H groups in total. The van der Waals surface area contributed by atoms with Crippen LogP contribution in [0, 0.1) is 5.82 Å². The molecule has 2 rings (SSSR count). The van der Waals surface area contributed by atoms with Gasteiger partial charge in [0.2, 0.25) is 0 Å². The molecular weight excluding hydrogens is 307 g/mol. The Morgan fingerprint density at radius 2 is 1.90 bits per heavy atom. The van der Waals surface area contributed by atoms with Crippen molar-refractivity contribution >= 4 is 34.3 Å². The Balaban J connectivity index is 2.13. The Kier molecular flexibility index (Phi) is 5.12. The molecule has 21 heavy (non-hydrogen) atoms. The molecule has 2 nitrogen and oxygen atoms in total. The summed E-state index contributed by atoms with van der Waals surface area (Å²) >= 11 is 7.48. The molecule has 1 atom stereocenters. The number of halogens is 2. The van der Waals surface area contributed by atoms with Gasteiger partial charge in [-0.2, -0.15) is 0 Å². The van der Waals surface area contributed by atoms with Crippen molar-refractivity contribution in [3.63, 3.8) is 0 Å². The molecule has 1 heterocycles. The molecule has 1 aromatic heterocycles. The van der Waals surface area contributed by atoms with Crippen molar-refractivity contribution in [3.8, 4) is 0 Å². The molecular formula is C16H20ClFN2S. The fourth-order valence-corrected chi connectivity index (χ4v) is 3.11. The number of rotatable bonds is 5. The third-order valence-electron chi connectivity index (χ3n) is 3.51. The van der Waals surface area contributed by atoms with Crippen molar-refractivity contribution in [2.24, 2.45) is 0 Å². The number of hydrogen-bond donors (Lipinski definition) is 1. The molecule has 1 aromatic carbocycles. The predicted molar refractivity (Wildman–Crippen MR) is 91.3 cm³/mol. The van der Waals surface area contributed by atoms with E-state index in [0.29, 0.717) is 5.69 Å². The maximum atomic E-state index is 14.2. The van der Waals surface area contributed by atoms with Gasteiger partial charge < -0.3 is 10.2 Å². The number of nitrogens with zero attached hydrogens (tertiary/aromatic N) is 1. The zero-order valence-corrected chi connectivity index (χ0v) is 14.2. The number of hydrogen-bond acceptors (Lipinski definition) is 3. The van der Waals surface area contributed by atoms with Crippen LogP contribution in [0.15, 0.2) is 30.3 Å². The van der Waals surface area contributed by atoms with Crippen molar-refractivity contribution in [3.05, 3.63) is 45.4 Å². The first-order chi connectivity index (χ1) is 9.88. The average molecular weight is 327 g/mol. The third-order valence-corrected chi connectivity index (χ3v) is 4.92. The van der Waals surface area contributed by atoms with E-state index < -0.39 is 0 Å². The van der Waals surface area contributed by atoms with Crippen LogP contribution in [0.2, 0.25) is 4.34 Å². The highest BCUT2D eigenvalue weighted by molar-refractivity contribution is 7.16. The lowest BCUT2D eigenvalue weighted by atomic mass is 10.2. The lowest BCUT2D eigenvalue weighted by Gasteiger charge is -2.25. The fraction of sp³-hybridized carbons (Fsp3) is 0.375. The summed E-state index contributed by atoms with van der Waals surface area (Å²) in [5.74, 6) is -0.215. The maximum absolute atomic E-state index is 14.2.